The summed E-state index contributed by atoms with van der Waals surface area (Å²) in [5, 5.41) is 24.2. The van der Waals surface area contributed by atoms with E-state index in [4.69, 9.17) is 16.3 Å². The molecule has 2 amide bonds. The second kappa shape index (κ2) is 11.7. The minimum atomic E-state index is -1.23. The summed E-state index contributed by atoms with van der Waals surface area (Å²) in [5.74, 6) is -1.90. The number of rotatable bonds is 10. The van der Waals surface area contributed by atoms with Crippen molar-refractivity contribution < 1.29 is 29.3 Å². The molecule has 0 aliphatic heterocycles. The van der Waals surface area contributed by atoms with E-state index in [1.54, 1.807) is 18.2 Å². The Labute approximate surface area is 178 Å². The zero-order chi connectivity index (χ0) is 21.9. The van der Waals surface area contributed by atoms with Crippen LogP contribution in [0.15, 0.2) is 48.7 Å². The van der Waals surface area contributed by atoms with Gasteiger partial charge in [-0.25, -0.2) is 14.6 Å². The lowest BCUT2D eigenvalue weighted by Gasteiger charge is -2.16. The van der Waals surface area contributed by atoms with Crippen molar-refractivity contribution in [2.24, 2.45) is 0 Å². The maximum absolute atomic E-state index is 12.1. The standard InChI is InChI=1S/C20H22ClN3O6/c21-17-7-6-14(10-22-17)8-16(19(27)28)24-18(26)9-15(25)11-23-20(29)30-12-13-4-2-1-3-5-13/h1-7,10,15-16,25H,8-9,11-12H2,(H,23,29)(H,24,26)(H,27,28)/t15-,16-/m1/s1. The Hall–Kier alpha value is -3.17. The predicted molar refractivity (Wildman–Crippen MR) is 108 cm³/mol. The van der Waals surface area contributed by atoms with E-state index in [1.165, 1.54) is 12.3 Å². The largest absolute Gasteiger partial charge is 0.480 e. The second-order valence-electron chi connectivity index (χ2n) is 6.45. The normalized spacial score (nSPS) is 12.5. The number of carbonyl (C=O) groups is 3. The van der Waals surface area contributed by atoms with Gasteiger partial charge in [0.25, 0.3) is 0 Å². The van der Waals surface area contributed by atoms with E-state index in [0.29, 0.717) is 5.56 Å². The van der Waals surface area contributed by atoms with Crippen molar-refractivity contribution in [1.82, 2.24) is 15.6 Å². The lowest BCUT2D eigenvalue weighted by Crippen LogP contribution is -2.44. The Morgan fingerprint density at radius 2 is 1.83 bits per heavy atom. The minimum Gasteiger partial charge on any atom is -0.480 e. The van der Waals surface area contributed by atoms with Crippen LogP contribution < -0.4 is 10.6 Å². The maximum atomic E-state index is 12.1. The highest BCUT2D eigenvalue weighted by Gasteiger charge is 2.22. The fourth-order valence-electron chi connectivity index (χ4n) is 2.48. The van der Waals surface area contributed by atoms with E-state index in [9.17, 15) is 24.6 Å². The number of pyridine rings is 1. The van der Waals surface area contributed by atoms with Crippen molar-refractivity contribution in [3.05, 3.63) is 64.9 Å². The molecule has 1 aromatic heterocycles. The Morgan fingerprint density at radius 1 is 1.10 bits per heavy atom. The van der Waals surface area contributed by atoms with E-state index in [-0.39, 0.29) is 31.1 Å². The average Bonchev–Trinajstić information content (AvgIpc) is 2.72. The number of aliphatic hydroxyl groups excluding tert-OH is 1. The highest BCUT2D eigenvalue weighted by atomic mass is 35.5. The van der Waals surface area contributed by atoms with Gasteiger partial charge in [-0.3, -0.25) is 4.79 Å². The van der Waals surface area contributed by atoms with Crippen LogP contribution >= 0.6 is 11.6 Å². The molecule has 0 unspecified atom stereocenters. The van der Waals surface area contributed by atoms with Gasteiger partial charge in [0, 0.05) is 19.2 Å². The summed E-state index contributed by atoms with van der Waals surface area (Å²) in [6, 6.07) is 11.0. The van der Waals surface area contributed by atoms with Crippen molar-refractivity contribution in [1.29, 1.82) is 0 Å². The van der Waals surface area contributed by atoms with Crippen LogP contribution in [0, 0.1) is 0 Å². The van der Waals surface area contributed by atoms with Crippen molar-refractivity contribution in [2.75, 3.05) is 6.54 Å². The van der Waals surface area contributed by atoms with Crippen LogP contribution in [0.5, 0.6) is 0 Å². The van der Waals surface area contributed by atoms with Crippen LogP contribution in [0.3, 0.4) is 0 Å². The number of carbonyl (C=O) groups excluding carboxylic acids is 2. The highest BCUT2D eigenvalue weighted by molar-refractivity contribution is 6.29. The zero-order valence-electron chi connectivity index (χ0n) is 16.0. The molecule has 0 spiro atoms. The first-order valence-electron chi connectivity index (χ1n) is 9.08. The van der Waals surface area contributed by atoms with E-state index in [0.717, 1.165) is 5.56 Å². The summed E-state index contributed by atoms with van der Waals surface area (Å²) in [5.41, 5.74) is 1.39. The Balaban J connectivity index is 1.73. The van der Waals surface area contributed by atoms with Gasteiger partial charge in [-0.1, -0.05) is 48.0 Å². The number of carboxylic acids is 1. The SMILES string of the molecule is O=C(C[C@@H](O)CNC(=O)OCc1ccccc1)N[C@H](Cc1ccc(Cl)nc1)C(=O)O. The Morgan fingerprint density at radius 3 is 2.47 bits per heavy atom. The molecule has 1 aromatic carbocycles. The van der Waals surface area contributed by atoms with Gasteiger partial charge >= 0.3 is 12.1 Å². The molecule has 30 heavy (non-hydrogen) atoms. The molecule has 0 aliphatic carbocycles. The molecular formula is C20H22ClN3O6. The van der Waals surface area contributed by atoms with Crippen molar-refractivity contribution in [2.45, 2.75) is 31.6 Å². The molecule has 2 rings (SSSR count). The van der Waals surface area contributed by atoms with E-state index in [2.05, 4.69) is 15.6 Å². The maximum Gasteiger partial charge on any atom is 0.407 e. The molecule has 2 atom stereocenters. The average molecular weight is 436 g/mol. The fourth-order valence-corrected chi connectivity index (χ4v) is 2.59. The van der Waals surface area contributed by atoms with Gasteiger partial charge in [0.05, 0.1) is 12.5 Å². The third-order valence-electron chi connectivity index (χ3n) is 3.98. The summed E-state index contributed by atoms with van der Waals surface area (Å²) in [4.78, 5) is 39.0. The zero-order valence-corrected chi connectivity index (χ0v) is 16.7. The van der Waals surface area contributed by atoms with Gasteiger partial charge < -0.3 is 25.6 Å². The van der Waals surface area contributed by atoms with Crippen LogP contribution in [0.25, 0.3) is 0 Å². The number of aliphatic hydroxyl groups is 1. The summed E-state index contributed by atoms with van der Waals surface area (Å²) in [6.07, 6.45) is -0.907. The van der Waals surface area contributed by atoms with Crippen LogP contribution in [-0.4, -0.2) is 51.9 Å². The second-order valence-corrected chi connectivity index (χ2v) is 6.84. The third kappa shape index (κ3) is 8.46. The number of nitrogens with zero attached hydrogens (tertiary/aromatic N) is 1. The number of hydrogen-bond acceptors (Lipinski definition) is 6. The molecule has 1 heterocycles. The molecule has 0 fully saturated rings. The number of hydrogen-bond donors (Lipinski definition) is 4. The van der Waals surface area contributed by atoms with E-state index < -0.39 is 30.1 Å². The Bertz CT molecular complexity index is 847. The number of amides is 2. The topological polar surface area (TPSA) is 138 Å². The molecule has 0 saturated heterocycles. The number of carboxylic acid groups (broad SMARTS) is 1. The molecule has 2 aromatic rings. The fraction of sp³-hybridized carbons (Fsp3) is 0.300. The lowest BCUT2D eigenvalue weighted by molar-refractivity contribution is -0.142. The van der Waals surface area contributed by atoms with Crippen LogP contribution in [0.1, 0.15) is 17.5 Å². The molecule has 0 radical (unpaired) electrons. The number of aliphatic carboxylic acids is 1. The predicted octanol–water partition coefficient (Wildman–Crippen LogP) is 1.52. The van der Waals surface area contributed by atoms with Crippen LogP contribution in [-0.2, 0) is 27.4 Å². The molecule has 10 heteroatoms. The molecule has 9 nitrogen and oxygen atoms in total. The quantitative estimate of drug-likeness (QED) is 0.415. The van der Waals surface area contributed by atoms with Crippen molar-refractivity contribution in [3.8, 4) is 0 Å². The molecule has 0 aliphatic rings. The molecule has 0 bridgehead atoms. The first-order chi connectivity index (χ1) is 14.3. The number of ether oxygens (including phenoxy) is 1. The summed E-state index contributed by atoms with van der Waals surface area (Å²) >= 11 is 5.69. The summed E-state index contributed by atoms with van der Waals surface area (Å²) in [6.45, 7) is -0.150. The number of nitrogens with one attached hydrogen (secondary N) is 2. The summed E-state index contributed by atoms with van der Waals surface area (Å²) in [7, 11) is 0. The summed E-state index contributed by atoms with van der Waals surface area (Å²) < 4.78 is 5.00. The third-order valence-corrected chi connectivity index (χ3v) is 4.20. The van der Waals surface area contributed by atoms with Gasteiger partial charge in [-0.05, 0) is 17.2 Å². The lowest BCUT2D eigenvalue weighted by atomic mass is 10.1. The van der Waals surface area contributed by atoms with Crippen LogP contribution in [0.4, 0.5) is 4.79 Å². The number of halogens is 1. The van der Waals surface area contributed by atoms with Gasteiger partial charge in [-0.15, -0.1) is 0 Å². The molecule has 160 valence electrons. The van der Waals surface area contributed by atoms with Gasteiger partial charge in [0.1, 0.15) is 17.8 Å². The minimum absolute atomic E-state index is 0.00536. The highest BCUT2D eigenvalue weighted by Crippen LogP contribution is 2.08. The van der Waals surface area contributed by atoms with Crippen molar-refractivity contribution >= 4 is 29.6 Å². The molecule has 4 N–H and O–H groups in total. The van der Waals surface area contributed by atoms with Crippen LogP contribution in [0.2, 0.25) is 5.15 Å². The number of benzene rings is 1. The first-order valence-corrected chi connectivity index (χ1v) is 9.46. The molecule has 0 saturated carbocycles. The number of aromatic nitrogens is 1. The monoisotopic (exact) mass is 435 g/mol. The number of alkyl carbamates (subject to hydrolysis) is 1. The van der Waals surface area contributed by atoms with E-state index >= 15 is 0 Å². The first kappa shape index (κ1) is 23.1. The van der Waals surface area contributed by atoms with Crippen molar-refractivity contribution in [3.63, 3.8) is 0 Å². The molecular weight excluding hydrogens is 414 g/mol. The van der Waals surface area contributed by atoms with Gasteiger partial charge in [0.2, 0.25) is 5.91 Å². The Kier molecular flexibility index (Phi) is 9.04. The van der Waals surface area contributed by atoms with E-state index in [1.807, 2.05) is 18.2 Å². The van der Waals surface area contributed by atoms with Gasteiger partial charge in [-0.2, -0.15) is 0 Å². The smallest absolute Gasteiger partial charge is 0.407 e. The van der Waals surface area contributed by atoms with Gasteiger partial charge in [0.15, 0.2) is 0 Å².